The molecule has 0 saturated carbocycles. The highest BCUT2D eigenvalue weighted by molar-refractivity contribution is 5.78. The van der Waals surface area contributed by atoms with Crippen LogP contribution in [0.5, 0.6) is 0 Å². The molecule has 2 fully saturated rings. The Kier molecular flexibility index (Phi) is 6.92. The fraction of sp³-hybridized carbons (Fsp3) is 0.720. The number of carbonyl (C=O) groups is 1. The number of unbranched alkanes of at least 4 members (excludes halogenated alkanes) is 1. The van der Waals surface area contributed by atoms with Gasteiger partial charge in [-0.2, -0.15) is 0 Å². The number of piperidine rings is 2. The number of hydrogen-bond acceptors (Lipinski definition) is 3. The van der Waals surface area contributed by atoms with Crippen LogP contribution in [-0.4, -0.2) is 72.5 Å². The number of rotatable bonds is 6. The van der Waals surface area contributed by atoms with Gasteiger partial charge in [0.15, 0.2) is 0 Å². The van der Waals surface area contributed by atoms with Crippen LogP contribution in [-0.2, 0) is 17.6 Å². The first kappa shape index (κ1) is 20.9. The lowest BCUT2D eigenvalue weighted by molar-refractivity contribution is -0.136. The second-order valence-corrected chi connectivity index (χ2v) is 9.55. The first-order valence-corrected chi connectivity index (χ1v) is 12.0. The van der Waals surface area contributed by atoms with Crippen LogP contribution in [0.3, 0.4) is 0 Å². The molecule has 2 heterocycles. The average Bonchev–Trinajstić information content (AvgIpc) is 3.21. The minimum Gasteiger partial charge on any atom is -0.345 e. The summed E-state index contributed by atoms with van der Waals surface area (Å²) in [7, 11) is 2.00. The molecule has 2 aliphatic heterocycles. The standard InChI is InChI=1S/C25H39N3O/c1-3-4-13-26(2)25(29)22-10-7-14-28(19-22)23-11-15-27(16-12-23)24-17-20-8-5-6-9-21(20)18-24/h5-6,8-9,22-24H,3-4,7,10-19H2,1-2H3. The molecule has 1 aromatic carbocycles. The van der Waals surface area contributed by atoms with Gasteiger partial charge in [0.2, 0.25) is 5.91 Å². The van der Waals surface area contributed by atoms with Crippen LogP contribution in [0.4, 0.5) is 0 Å². The maximum atomic E-state index is 12.9. The Bertz CT molecular complexity index is 657. The largest absolute Gasteiger partial charge is 0.345 e. The van der Waals surface area contributed by atoms with E-state index in [1.165, 1.54) is 51.7 Å². The zero-order valence-corrected chi connectivity index (χ0v) is 18.5. The number of amides is 1. The number of likely N-dealkylation sites (tertiary alicyclic amines) is 2. The second-order valence-electron chi connectivity index (χ2n) is 9.55. The van der Waals surface area contributed by atoms with E-state index < -0.39 is 0 Å². The third kappa shape index (κ3) is 4.86. The third-order valence-corrected chi connectivity index (χ3v) is 7.59. The lowest BCUT2D eigenvalue weighted by Crippen LogP contribution is -2.52. The molecule has 1 aliphatic carbocycles. The molecule has 29 heavy (non-hydrogen) atoms. The molecule has 4 heteroatoms. The van der Waals surface area contributed by atoms with Crippen LogP contribution in [0.1, 0.15) is 56.6 Å². The molecule has 3 aliphatic rings. The quantitative estimate of drug-likeness (QED) is 0.734. The lowest BCUT2D eigenvalue weighted by atomic mass is 9.92. The molecule has 2 saturated heterocycles. The van der Waals surface area contributed by atoms with Crippen molar-refractivity contribution in [3.05, 3.63) is 35.4 Å². The maximum absolute atomic E-state index is 12.9. The van der Waals surface area contributed by atoms with E-state index in [4.69, 9.17) is 0 Å². The Morgan fingerprint density at radius 3 is 2.34 bits per heavy atom. The fourth-order valence-corrected chi connectivity index (χ4v) is 5.77. The van der Waals surface area contributed by atoms with E-state index in [0.29, 0.717) is 18.0 Å². The SMILES string of the molecule is CCCCN(C)C(=O)C1CCCN(C2CCN(C3Cc4ccccc4C3)CC2)C1. The molecule has 1 atom stereocenters. The van der Waals surface area contributed by atoms with Crippen molar-refractivity contribution in [1.82, 2.24) is 14.7 Å². The number of carbonyl (C=O) groups excluding carboxylic acids is 1. The summed E-state index contributed by atoms with van der Waals surface area (Å²) in [5.74, 6) is 0.595. The number of nitrogens with zero attached hydrogens (tertiary/aromatic N) is 3. The monoisotopic (exact) mass is 397 g/mol. The second kappa shape index (κ2) is 9.61. The fourth-order valence-electron chi connectivity index (χ4n) is 5.77. The van der Waals surface area contributed by atoms with Crippen molar-refractivity contribution in [1.29, 1.82) is 0 Å². The van der Waals surface area contributed by atoms with E-state index in [0.717, 1.165) is 32.4 Å². The van der Waals surface area contributed by atoms with Crippen molar-refractivity contribution in [2.24, 2.45) is 5.92 Å². The van der Waals surface area contributed by atoms with Gasteiger partial charge in [-0.25, -0.2) is 0 Å². The van der Waals surface area contributed by atoms with Gasteiger partial charge in [-0.1, -0.05) is 37.6 Å². The van der Waals surface area contributed by atoms with E-state index in [1.807, 2.05) is 11.9 Å². The van der Waals surface area contributed by atoms with Crippen molar-refractivity contribution in [2.75, 3.05) is 39.8 Å². The van der Waals surface area contributed by atoms with Crippen LogP contribution in [0.25, 0.3) is 0 Å². The Hall–Kier alpha value is -1.39. The Labute approximate surface area is 177 Å². The molecular formula is C25H39N3O. The average molecular weight is 398 g/mol. The summed E-state index contributed by atoms with van der Waals surface area (Å²) in [6, 6.07) is 10.4. The van der Waals surface area contributed by atoms with Crippen LogP contribution in [0, 0.1) is 5.92 Å². The number of hydrogen-bond donors (Lipinski definition) is 0. The zero-order valence-electron chi connectivity index (χ0n) is 18.5. The van der Waals surface area contributed by atoms with Gasteiger partial charge in [-0.3, -0.25) is 14.6 Å². The molecule has 0 bridgehead atoms. The number of benzene rings is 1. The highest BCUT2D eigenvalue weighted by atomic mass is 16.2. The van der Waals surface area contributed by atoms with Gasteiger partial charge in [-0.15, -0.1) is 0 Å². The molecule has 0 spiro atoms. The van der Waals surface area contributed by atoms with E-state index in [2.05, 4.69) is 41.0 Å². The van der Waals surface area contributed by atoms with Crippen LogP contribution >= 0.6 is 0 Å². The van der Waals surface area contributed by atoms with Gasteiger partial charge in [0.05, 0.1) is 5.92 Å². The van der Waals surface area contributed by atoms with Gasteiger partial charge >= 0.3 is 0 Å². The number of fused-ring (bicyclic) bond motifs is 1. The summed E-state index contributed by atoms with van der Waals surface area (Å²) in [6.45, 7) is 7.70. The molecule has 0 radical (unpaired) electrons. The van der Waals surface area contributed by atoms with Crippen molar-refractivity contribution in [3.8, 4) is 0 Å². The van der Waals surface area contributed by atoms with E-state index in [1.54, 1.807) is 11.1 Å². The summed E-state index contributed by atoms with van der Waals surface area (Å²) in [4.78, 5) is 20.2. The molecule has 4 rings (SSSR count). The molecule has 1 unspecified atom stereocenters. The predicted molar refractivity (Wildman–Crippen MR) is 119 cm³/mol. The summed E-state index contributed by atoms with van der Waals surface area (Å²) in [5, 5.41) is 0. The third-order valence-electron chi connectivity index (χ3n) is 7.59. The maximum Gasteiger partial charge on any atom is 0.226 e. The van der Waals surface area contributed by atoms with Crippen molar-refractivity contribution < 1.29 is 4.79 Å². The highest BCUT2D eigenvalue weighted by Gasteiger charge is 2.35. The summed E-state index contributed by atoms with van der Waals surface area (Å²) < 4.78 is 0. The topological polar surface area (TPSA) is 26.8 Å². The van der Waals surface area contributed by atoms with E-state index in [-0.39, 0.29) is 5.92 Å². The molecule has 160 valence electrons. The molecule has 0 aromatic heterocycles. The summed E-state index contributed by atoms with van der Waals surface area (Å²) >= 11 is 0. The van der Waals surface area contributed by atoms with Crippen LogP contribution in [0.15, 0.2) is 24.3 Å². The predicted octanol–water partition coefficient (Wildman–Crippen LogP) is 3.59. The first-order chi connectivity index (χ1) is 14.2. The van der Waals surface area contributed by atoms with Gasteiger partial charge in [0.25, 0.3) is 0 Å². The molecule has 0 N–H and O–H groups in total. The van der Waals surface area contributed by atoms with Crippen LogP contribution in [0.2, 0.25) is 0 Å². The Balaban J connectivity index is 1.26. The van der Waals surface area contributed by atoms with E-state index in [9.17, 15) is 4.79 Å². The molecular weight excluding hydrogens is 358 g/mol. The highest BCUT2D eigenvalue weighted by Crippen LogP contribution is 2.30. The van der Waals surface area contributed by atoms with E-state index >= 15 is 0 Å². The zero-order chi connectivity index (χ0) is 20.2. The summed E-state index contributed by atoms with van der Waals surface area (Å²) in [6.07, 6.45) is 9.50. The molecule has 1 aromatic rings. The minimum atomic E-state index is 0.216. The van der Waals surface area contributed by atoms with Gasteiger partial charge in [0.1, 0.15) is 0 Å². The smallest absolute Gasteiger partial charge is 0.226 e. The van der Waals surface area contributed by atoms with Gasteiger partial charge < -0.3 is 4.90 Å². The first-order valence-electron chi connectivity index (χ1n) is 12.0. The lowest BCUT2D eigenvalue weighted by Gasteiger charge is -2.43. The minimum absolute atomic E-state index is 0.216. The van der Waals surface area contributed by atoms with Crippen molar-refractivity contribution >= 4 is 5.91 Å². The molecule has 1 amide bonds. The summed E-state index contributed by atoms with van der Waals surface area (Å²) in [5.41, 5.74) is 3.12. The Morgan fingerprint density at radius 1 is 1.00 bits per heavy atom. The Morgan fingerprint density at radius 2 is 1.69 bits per heavy atom. The molecule has 4 nitrogen and oxygen atoms in total. The normalized spacial score (nSPS) is 24.6. The van der Waals surface area contributed by atoms with Gasteiger partial charge in [-0.05, 0) is 75.7 Å². The van der Waals surface area contributed by atoms with Crippen molar-refractivity contribution in [3.63, 3.8) is 0 Å². The van der Waals surface area contributed by atoms with Crippen LogP contribution < -0.4 is 0 Å². The van der Waals surface area contributed by atoms with Crippen molar-refractivity contribution in [2.45, 2.75) is 70.4 Å². The van der Waals surface area contributed by atoms with Gasteiger partial charge in [0, 0.05) is 32.2 Å².